The molecule has 1 aliphatic carbocycles. The van der Waals surface area contributed by atoms with Crippen molar-refractivity contribution >= 4 is 26.6 Å². The summed E-state index contributed by atoms with van der Waals surface area (Å²) in [6.45, 7) is 0. The first kappa shape index (κ1) is 12.1. The lowest BCUT2D eigenvalue weighted by atomic mass is 10.0. The van der Waals surface area contributed by atoms with E-state index in [0.29, 0.717) is 11.8 Å². The minimum atomic E-state index is -4.40. The standard InChI is InChI=1S/C12H9NO5S/c14-13(15)9-5-8-2-1-7-3-4-11(19(16,17)18)10(6-9)12(7)8/h3-6H,1-2H2,(H,16,17,18). The first-order valence-corrected chi connectivity index (χ1v) is 7.02. The molecule has 0 atom stereocenters. The van der Waals surface area contributed by atoms with Gasteiger partial charge in [0.25, 0.3) is 15.8 Å². The summed E-state index contributed by atoms with van der Waals surface area (Å²) in [6.07, 6.45) is 1.36. The number of nitro groups is 1. The lowest BCUT2D eigenvalue weighted by molar-refractivity contribution is -0.384. The summed E-state index contributed by atoms with van der Waals surface area (Å²) >= 11 is 0. The molecule has 0 aromatic heterocycles. The smallest absolute Gasteiger partial charge is 0.282 e. The molecule has 0 amide bonds. The van der Waals surface area contributed by atoms with Crippen LogP contribution in [0.1, 0.15) is 11.1 Å². The summed E-state index contributed by atoms with van der Waals surface area (Å²) in [4.78, 5) is 10.0. The van der Waals surface area contributed by atoms with Crippen molar-refractivity contribution in [3.05, 3.63) is 45.5 Å². The third-order valence-corrected chi connectivity index (χ3v) is 4.29. The van der Waals surface area contributed by atoms with Gasteiger partial charge in [-0.2, -0.15) is 8.42 Å². The maximum Gasteiger partial charge on any atom is 0.295 e. The molecule has 1 N–H and O–H groups in total. The molecule has 1 aliphatic rings. The molecule has 0 heterocycles. The zero-order valence-corrected chi connectivity index (χ0v) is 10.5. The second kappa shape index (κ2) is 3.75. The average Bonchev–Trinajstić information content (AvgIpc) is 2.72. The Morgan fingerprint density at radius 1 is 1.16 bits per heavy atom. The quantitative estimate of drug-likeness (QED) is 0.515. The molecule has 7 heteroatoms. The lowest BCUT2D eigenvalue weighted by Gasteiger charge is -2.06. The van der Waals surface area contributed by atoms with Crippen LogP contribution in [0.5, 0.6) is 0 Å². The number of rotatable bonds is 2. The number of non-ortho nitro benzene ring substituents is 1. The van der Waals surface area contributed by atoms with Gasteiger partial charge in [-0.25, -0.2) is 0 Å². The van der Waals surface area contributed by atoms with Gasteiger partial charge in [-0.15, -0.1) is 0 Å². The second-order valence-corrected chi connectivity index (χ2v) is 5.87. The van der Waals surface area contributed by atoms with Gasteiger partial charge < -0.3 is 0 Å². The highest BCUT2D eigenvalue weighted by Crippen LogP contribution is 2.37. The zero-order chi connectivity index (χ0) is 13.8. The van der Waals surface area contributed by atoms with Gasteiger partial charge >= 0.3 is 0 Å². The monoisotopic (exact) mass is 279 g/mol. The zero-order valence-electron chi connectivity index (χ0n) is 9.66. The molecule has 0 fully saturated rings. The van der Waals surface area contributed by atoms with Gasteiger partial charge in [0, 0.05) is 17.5 Å². The molecule has 2 aromatic rings. The van der Waals surface area contributed by atoms with Gasteiger partial charge in [0.2, 0.25) is 0 Å². The Morgan fingerprint density at radius 2 is 1.84 bits per heavy atom. The van der Waals surface area contributed by atoms with Gasteiger partial charge in [-0.05, 0) is 35.4 Å². The van der Waals surface area contributed by atoms with Crippen molar-refractivity contribution in [3.8, 4) is 0 Å². The molecule has 6 nitrogen and oxygen atoms in total. The van der Waals surface area contributed by atoms with E-state index in [0.717, 1.165) is 17.5 Å². The summed E-state index contributed by atoms with van der Waals surface area (Å²) in [6, 6.07) is 5.61. The normalized spacial score (nSPS) is 13.9. The predicted molar refractivity (Wildman–Crippen MR) is 67.8 cm³/mol. The van der Waals surface area contributed by atoms with Crippen LogP contribution < -0.4 is 0 Å². The molecule has 3 rings (SSSR count). The molecular formula is C12H9NO5S. The number of nitrogens with zero attached hydrogens (tertiary/aromatic N) is 1. The summed E-state index contributed by atoms with van der Waals surface area (Å²) in [5.74, 6) is 0. The van der Waals surface area contributed by atoms with Crippen LogP contribution in [0.4, 0.5) is 5.69 Å². The van der Waals surface area contributed by atoms with E-state index < -0.39 is 15.0 Å². The van der Waals surface area contributed by atoms with E-state index in [1.54, 1.807) is 6.07 Å². The lowest BCUT2D eigenvalue weighted by Crippen LogP contribution is -2.00. The largest absolute Gasteiger partial charge is 0.295 e. The minimum absolute atomic E-state index is 0.161. The van der Waals surface area contributed by atoms with E-state index in [-0.39, 0.29) is 16.0 Å². The molecule has 0 saturated heterocycles. The molecule has 0 radical (unpaired) electrons. The average molecular weight is 279 g/mol. The Labute approximate surface area is 108 Å². The first-order chi connectivity index (χ1) is 8.88. The number of benzene rings is 2. The van der Waals surface area contributed by atoms with E-state index >= 15 is 0 Å². The number of hydrogen-bond acceptors (Lipinski definition) is 4. The fraction of sp³-hybridized carbons (Fsp3) is 0.167. The van der Waals surface area contributed by atoms with E-state index in [2.05, 4.69) is 0 Å². The summed E-state index contributed by atoms with van der Waals surface area (Å²) in [5, 5.41) is 11.8. The summed E-state index contributed by atoms with van der Waals surface area (Å²) in [7, 11) is -4.40. The maximum atomic E-state index is 11.4. The maximum absolute atomic E-state index is 11.4. The van der Waals surface area contributed by atoms with Gasteiger partial charge in [-0.3, -0.25) is 14.7 Å². The van der Waals surface area contributed by atoms with Crippen LogP contribution in [-0.2, 0) is 23.0 Å². The highest BCUT2D eigenvalue weighted by Gasteiger charge is 2.24. The van der Waals surface area contributed by atoms with Crippen molar-refractivity contribution in [2.24, 2.45) is 0 Å². The Balaban J connectivity index is 2.50. The third-order valence-electron chi connectivity index (χ3n) is 3.38. The number of aryl methyl sites for hydroxylation is 2. The third kappa shape index (κ3) is 1.78. The van der Waals surface area contributed by atoms with Gasteiger partial charge in [0.1, 0.15) is 4.90 Å². The van der Waals surface area contributed by atoms with Crippen LogP contribution in [0.25, 0.3) is 10.8 Å². The van der Waals surface area contributed by atoms with Crippen molar-refractivity contribution in [2.75, 3.05) is 0 Å². The van der Waals surface area contributed by atoms with Crippen molar-refractivity contribution in [2.45, 2.75) is 17.7 Å². The van der Waals surface area contributed by atoms with E-state index in [9.17, 15) is 23.1 Å². The van der Waals surface area contributed by atoms with Crippen LogP contribution in [0.3, 0.4) is 0 Å². The Bertz CT molecular complexity index is 826. The SMILES string of the molecule is O=[N+]([O-])c1cc2c3c(ccc(S(=O)(=O)O)c3c1)CC2. The predicted octanol–water partition coefficient (Wildman–Crippen LogP) is 2.09. The minimum Gasteiger partial charge on any atom is -0.282 e. The highest BCUT2D eigenvalue weighted by atomic mass is 32.2. The topological polar surface area (TPSA) is 97.5 Å². The molecule has 0 bridgehead atoms. The Hall–Kier alpha value is -1.99. The van der Waals surface area contributed by atoms with Crippen LogP contribution in [0.15, 0.2) is 29.2 Å². The van der Waals surface area contributed by atoms with E-state index in [1.165, 1.54) is 18.2 Å². The van der Waals surface area contributed by atoms with Crippen LogP contribution in [0.2, 0.25) is 0 Å². The van der Waals surface area contributed by atoms with Gasteiger partial charge in [0.05, 0.1) is 4.92 Å². The van der Waals surface area contributed by atoms with Gasteiger partial charge in [-0.1, -0.05) is 6.07 Å². The number of nitro benzene ring substituents is 1. The Morgan fingerprint density at radius 3 is 2.47 bits per heavy atom. The molecule has 0 unspecified atom stereocenters. The first-order valence-electron chi connectivity index (χ1n) is 5.58. The van der Waals surface area contributed by atoms with Gasteiger partial charge in [0.15, 0.2) is 0 Å². The number of hydrogen-bond donors (Lipinski definition) is 1. The molecule has 0 spiro atoms. The van der Waals surface area contributed by atoms with Crippen molar-refractivity contribution in [3.63, 3.8) is 0 Å². The molecule has 0 aliphatic heterocycles. The summed E-state index contributed by atoms with van der Waals surface area (Å²) < 4.78 is 31.9. The van der Waals surface area contributed by atoms with Crippen molar-refractivity contribution in [1.29, 1.82) is 0 Å². The molecular weight excluding hydrogens is 270 g/mol. The highest BCUT2D eigenvalue weighted by molar-refractivity contribution is 7.86. The Kier molecular flexibility index (Phi) is 2.38. The molecule has 98 valence electrons. The van der Waals surface area contributed by atoms with E-state index in [1.807, 2.05) is 0 Å². The van der Waals surface area contributed by atoms with Crippen LogP contribution in [0, 0.1) is 10.1 Å². The van der Waals surface area contributed by atoms with Crippen LogP contribution in [-0.4, -0.2) is 17.9 Å². The van der Waals surface area contributed by atoms with Crippen LogP contribution >= 0.6 is 0 Å². The van der Waals surface area contributed by atoms with Crippen molar-refractivity contribution in [1.82, 2.24) is 0 Å². The van der Waals surface area contributed by atoms with Crippen molar-refractivity contribution < 1.29 is 17.9 Å². The fourth-order valence-corrected chi connectivity index (χ4v) is 3.29. The summed E-state index contributed by atoms with van der Waals surface area (Å²) in [5.41, 5.74) is 1.54. The molecule has 0 saturated carbocycles. The molecule has 2 aromatic carbocycles. The fourth-order valence-electron chi connectivity index (χ4n) is 2.61. The van der Waals surface area contributed by atoms with E-state index in [4.69, 9.17) is 0 Å². The second-order valence-electron chi connectivity index (χ2n) is 4.48. The molecule has 19 heavy (non-hydrogen) atoms.